The van der Waals surface area contributed by atoms with Crippen LogP contribution >= 0.6 is 11.8 Å². The van der Waals surface area contributed by atoms with E-state index in [1.54, 1.807) is 25.1 Å². The van der Waals surface area contributed by atoms with E-state index in [0.29, 0.717) is 31.6 Å². The largest absolute Gasteiger partial charge is 0.511 e. The number of fused-ring (bicyclic) bond motifs is 2. The number of ketones is 1. The van der Waals surface area contributed by atoms with Gasteiger partial charge in [-0.2, -0.15) is 0 Å². The van der Waals surface area contributed by atoms with E-state index in [2.05, 4.69) is 62.2 Å². The molecule has 2 aliphatic heterocycles. The number of ether oxygens (including phenoxy) is 1. The fraction of sp³-hybridized carbons (Fsp3) is 0.467. The van der Waals surface area contributed by atoms with Crippen molar-refractivity contribution in [2.45, 2.75) is 28.6 Å². The third-order valence-corrected chi connectivity index (χ3v) is 8.88. The van der Waals surface area contributed by atoms with Crippen LogP contribution in [0.25, 0.3) is 0 Å². The van der Waals surface area contributed by atoms with Crippen molar-refractivity contribution in [2.75, 3.05) is 77.6 Å². The molecule has 2 N–H and O–H groups in total. The first kappa shape index (κ1) is 27.9. The van der Waals surface area contributed by atoms with Crippen LogP contribution in [0.1, 0.15) is 24.3 Å². The third-order valence-electron chi connectivity index (χ3n) is 7.77. The van der Waals surface area contributed by atoms with Gasteiger partial charge in [-0.3, -0.25) is 19.6 Å². The van der Waals surface area contributed by atoms with Gasteiger partial charge < -0.3 is 19.8 Å². The molecule has 2 heterocycles. The topological polar surface area (TPSA) is 88.8 Å². The lowest BCUT2D eigenvalue weighted by atomic mass is 9.83. The summed E-state index contributed by atoms with van der Waals surface area (Å²) in [4.78, 5) is 26.8. The standard InChI is InChI=1S/C30H38N4O4S/c1-38-17-15-34-25-4-2-3-5-29(25)39-30-20-22(6-7-26(30)34)23-18-27(36)24(28(37)19-23)21-31-8-9-32-10-12-33(13-11-32)14-16-35/h2-7,20-21,23,35-36H,8-19H2,1H3. The predicted octanol–water partition coefficient (Wildman–Crippen LogP) is 3.88. The molecule has 5 rings (SSSR count). The Morgan fingerprint density at radius 2 is 1.74 bits per heavy atom. The molecule has 1 saturated heterocycles. The number of Topliss-reactive ketones (excluding diaryl/α,β-unsaturated/α-hetero) is 1. The number of carbonyl (C=O) groups excluding carboxylic acids is 1. The van der Waals surface area contributed by atoms with Crippen LogP contribution in [0.5, 0.6) is 0 Å². The number of para-hydroxylation sites is 1. The highest BCUT2D eigenvalue weighted by Gasteiger charge is 2.30. The summed E-state index contributed by atoms with van der Waals surface area (Å²) in [6, 6.07) is 14.8. The molecule has 1 fully saturated rings. The van der Waals surface area contributed by atoms with Gasteiger partial charge in [0.15, 0.2) is 5.78 Å². The van der Waals surface area contributed by atoms with Gasteiger partial charge in [-0.25, -0.2) is 0 Å². The van der Waals surface area contributed by atoms with Gasteiger partial charge in [-0.15, -0.1) is 0 Å². The van der Waals surface area contributed by atoms with E-state index < -0.39 is 0 Å². The zero-order chi connectivity index (χ0) is 27.2. The smallest absolute Gasteiger partial charge is 0.168 e. The summed E-state index contributed by atoms with van der Waals surface area (Å²) in [7, 11) is 1.72. The first-order valence-electron chi connectivity index (χ1n) is 13.8. The Morgan fingerprint density at radius 1 is 1.00 bits per heavy atom. The molecule has 0 amide bonds. The van der Waals surface area contributed by atoms with Gasteiger partial charge in [0, 0.05) is 81.8 Å². The number of piperazine rings is 1. The molecule has 1 aliphatic carbocycles. The van der Waals surface area contributed by atoms with Crippen LogP contribution in [0.4, 0.5) is 11.4 Å². The second-order valence-corrected chi connectivity index (χ2v) is 11.4. The highest BCUT2D eigenvalue weighted by atomic mass is 32.2. The Morgan fingerprint density at radius 3 is 2.49 bits per heavy atom. The highest BCUT2D eigenvalue weighted by molar-refractivity contribution is 7.99. The van der Waals surface area contributed by atoms with Crippen LogP contribution in [-0.4, -0.2) is 105 Å². The fourth-order valence-electron chi connectivity index (χ4n) is 5.55. The number of carbonyl (C=O) groups is 1. The number of hydrogen-bond acceptors (Lipinski definition) is 9. The number of aliphatic hydroxyl groups excluding tert-OH is 2. The van der Waals surface area contributed by atoms with Crippen molar-refractivity contribution in [1.29, 1.82) is 0 Å². The molecule has 2 aromatic rings. The summed E-state index contributed by atoms with van der Waals surface area (Å²) in [5.74, 6) is 0.0259. The van der Waals surface area contributed by atoms with Gasteiger partial charge in [0.25, 0.3) is 0 Å². The maximum absolute atomic E-state index is 13.0. The average Bonchev–Trinajstić information content (AvgIpc) is 2.95. The first-order valence-corrected chi connectivity index (χ1v) is 14.6. The van der Waals surface area contributed by atoms with Crippen LogP contribution in [0.3, 0.4) is 0 Å². The third kappa shape index (κ3) is 6.56. The maximum Gasteiger partial charge on any atom is 0.168 e. The summed E-state index contributed by atoms with van der Waals surface area (Å²) >= 11 is 1.75. The van der Waals surface area contributed by atoms with Crippen molar-refractivity contribution in [2.24, 2.45) is 4.99 Å². The molecule has 3 aliphatic rings. The van der Waals surface area contributed by atoms with Crippen molar-refractivity contribution < 1.29 is 19.7 Å². The molecule has 1 atom stereocenters. The second kappa shape index (κ2) is 13.1. The Kier molecular flexibility index (Phi) is 9.36. The summed E-state index contributed by atoms with van der Waals surface area (Å²) in [5, 5.41) is 19.9. The Hall–Kier alpha value is -2.69. The van der Waals surface area contributed by atoms with E-state index in [1.165, 1.54) is 10.6 Å². The number of rotatable bonds is 10. The molecule has 0 bridgehead atoms. The number of methoxy groups -OCH3 is 1. The molecular formula is C30H38N4O4S. The lowest BCUT2D eigenvalue weighted by Crippen LogP contribution is -2.47. The Bertz CT molecular complexity index is 1230. The van der Waals surface area contributed by atoms with Gasteiger partial charge in [0.1, 0.15) is 5.76 Å². The fourth-order valence-corrected chi connectivity index (χ4v) is 6.70. The molecular weight excluding hydrogens is 512 g/mol. The maximum atomic E-state index is 13.0. The lowest BCUT2D eigenvalue weighted by molar-refractivity contribution is -0.116. The number of β-amino-alcohol motifs (C(OH)–C–C–N with tert-alkyl or cyclic N) is 1. The summed E-state index contributed by atoms with van der Waals surface area (Å²) in [6.07, 6.45) is 2.38. The predicted molar refractivity (Wildman–Crippen MR) is 156 cm³/mol. The van der Waals surface area contributed by atoms with Crippen molar-refractivity contribution in [3.05, 3.63) is 59.4 Å². The van der Waals surface area contributed by atoms with Gasteiger partial charge in [0.2, 0.25) is 0 Å². The number of anilines is 2. The Balaban J connectivity index is 1.22. The molecule has 208 valence electrons. The van der Waals surface area contributed by atoms with Crippen LogP contribution in [-0.2, 0) is 9.53 Å². The first-order chi connectivity index (χ1) is 19.1. The van der Waals surface area contributed by atoms with E-state index >= 15 is 0 Å². The van der Waals surface area contributed by atoms with E-state index in [9.17, 15) is 9.90 Å². The van der Waals surface area contributed by atoms with Crippen molar-refractivity contribution in [3.8, 4) is 0 Å². The number of benzene rings is 2. The van der Waals surface area contributed by atoms with Crippen LogP contribution in [0.15, 0.2) is 68.6 Å². The zero-order valence-corrected chi connectivity index (χ0v) is 23.4. The normalized spacial score (nSPS) is 20.5. The SMILES string of the molecule is COCCN1c2ccccc2Sc2cc(C3CC(=O)C(C=NCCN4CCN(CCO)CC4)=C(O)C3)ccc21. The van der Waals surface area contributed by atoms with Gasteiger partial charge in [-0.05, 0) is 35.7 Å². The molecule has 0 saturated carbocycles. The van der Waals surface area contributed by atoms with E-state index in [4.69, 9.17) is 9.84 Å². The van der Waals surface area contributed by atoms with Gasteiger partial charge in [-0.1, -0.05) is 30.0 Å². The summed E-state index contributed by atoms with van der Waals surface area (Å²) in [5.41, 5.74) is 3.75. The molecule has 1 unspecified atom stereocenters. The monoisotopic (exact) mass is 550 g/mol. The molecule has 0 aromatic heterocycles. The molecule has 0 spiro atoms. The molecule has 9 heteroatoms. The van der Waals surface area contributed by atoms with Crippen molar-refractivity contribution in [3.63, 3.8) is 0 Å². The quantitative estimate of drug-likeness (QED) is 0.431. The highest BCUT2D eigenvalue weighted by Crippen LogP contribution is 2.49. The minimum Gasteiger partial charge on any atom is -0.511 e. The van der Waals surface area contributed by atoms with Crippen molar-refractivity contribution in [1.82, 2.24) is 9.80 Å². The number of aliphatic hydroxyl groups is 2. The van der Waals surface area contributed by atoms with E-state index in [1.807, 2.05) is 0 Å². The minimum atomic E-state index is -0.0552. The van der Waals surface area contributed by atoms with Gasteiger partial charge >= 0.3 is 0 Å². The minimum absolute atomic E-state index is 0.0532. The number of allylic oxidation sites excluding steroid dienone is 2. The summed E-state index contributed by atoms with van der Waals surface area (Å²) in [6.45, 7) is 7.55. The van der Waals surface area contributed by atoms with Crippen LogP contribution in [0.2, 0.25) is 0 Å². The number of hydrogen-bond donors (Lipinski definition) is 2. The van der Waals surface area contributed by atoms with E-state index in [0.717, 1.165) is 62.0 Å². The van der Waals surface area contributed by atoms with Crippen LogP contribution in [0, 0.1) is 0 Å². The molecule has 2 aromatic carbocycles. The van der Waals surface area contributed by atoms with Crippen molar-refractivity contribution >= 4 is 35.1 Å². The second-order valence-electron chi connectivity index (χ2n) is 10.3. The Labute approximate surface area is 235 Å². The molecule has 8 nitrogen and oxygen atoms in total. The number of aliphatic imine (C=N–C) groups is 1. The molecule has 39 heavy (non-hydrogen) atoms. The summed E-state index contributed by atoms with van der Waals surface area (Å²) < 4.78 is 5.36. The average molecular weight is 551 g/mol. The molecule has 0 radical (unpaired) electrons. The van der Waals surface area contributed by atoms with E-state index in [-0.39, 0.29) is 24.1 Å². The number of nitrogens with zero attached hydrogens (tertiary/aromatic N) is 4. The van der Waals surface area contributed by atoms with Crippen LogP contribution < -0.4 is 4.90 Å². The zero-order valence-electron chi connectivity index (χ0n) is 22.6. The lowest BCUT2D eigenvalue weighted by Gasteiger charge is -2.34. The van der Waals surface area contributed by atoms with Gasteiger partial charge in [0.05, 0.1) is 36.7 Å².